The van der Waals surface area contributed by atoms with Crippen LogP contribution in [0.2, 0.25) is 0 Å². The zero-order valence-corrected chi connectivity index (χ0v) is 17.4. The Morgan fingerprint density at radius 2 is 0.733 bits per heavy atom. The van der Waals surface area contributed by atoms with Gasteiger partial charge in [0.1, 0.15) is 11.6 Å². The van der Waals surface area contributed by atoms with Crippen LogP contribution in [0, 0.1) is 11.6 Å². The number of hydrogen-bond donors (Lipinski definition) is 0. The molecule has 0 aliphatic rings. The van der Waals surface area contributed by atoms with Gasteiger partial charge in [0.05, 0.1) is 0 Å². The van der Waals surface area contributed by atoms with Crippen molar-refractivity contribution in [3.05, 3.63) is 120 Å². The summed E-state index contributed by atoms with van der Waals surface area (Å²) >= 11 is 3.02. The molecule has 1 nitrogen and oxygen atoms in total. The van der Waals surface area contributed by atoms with Crippen LogP contribution >= 0.6 is 23.5 Å². The number of rotatable bonds is 6. The van der Waals surface area contributed by atoms with Crippen molar-refractivity contribution in [3.63, 3.8) is 0 Å². The van der Waals surface area contributed by atoms with Crippen molar-refractivity contribution < 1.29 is 13.6 Å². The van der Waals surface area contributed by atoms with E-state index in [0.29, 0.717) is 11.1 Å². The molecule has 0 heterocycles. The highest BCUT2D eigenvalue weighted by Gasteiger charge is 2.10. The summed E-state index contributed by atoms with van der Waals surface area (Å²) < 4.78 is 26.0. The number of carbonyl (C=O) groups excluding carboxylic acids is 1. The first kappa shape index (κ1) is 20.4. The van der Waals surface area contributed by atoms with Crippen molar-refractivity contribution in [1.82, 2.24) is 0 Å². The smallest absolute Gasteiger partial charge is 0.193 e. The third-order valence-electron chi connectivity index (χ3n) is 4.33. The van der Waals surface area contributed by atoms with Gasteiger partial charge >= 0.3 is 0 Å². The van der Waals surface area contributed by atoms with E-state index in [1.54, 1.807) is 48.5 Å². The maximum atomic E-state index is 13.0. The van der Waals surface area contributed by atoms with Gasteiger partial charge in [-0.15, -0.1) is 0 Å². The van der Waals surface area contributed by atoms with Crippen LogP contribution in [-0.2, 0) is 0 Å². The van der Waals surface area contributed by atoms with E-state index in [1.807, 2.05) is 24.3 Å². The molecule has 4 aromatic carbocycles. The van der Waals surface area contributed by atoms with Crippen LogP contribution < -0.4 is 0 Å². The van der Waals surface area contributed by atoms with Crippen molar-refractivity contribution in [2.24, 2.45) is 0 Å². The van der Waals surface area contributed by atoms with Crippen LogP contribution in [0.3, 0.4) is 0 Å². The summed E-state index contributed by atoms with van der Waals surface area (Å²) in [6, 6.07) is 27.4. The number of ketones is 1. The molecular weight excluding hydrogens is 418 g/mol. The Balaban J connectivity index is 1.42. The van der Waals surface area contributed by atoms with E-state index in [-0.39, 0.29) is 17.4 Å². The van der Waals surface area contributed by atoms with E-state index in [4.69, 9.17) is 0 Å². The lowest BCUT2D eigenvalue weighted by atomic mass is 10.0. The topological polar surface area (TPSA) is 17.1 Å². The molecule has 0 spiro atoms. The second-order valence-electron chi connectivity index (χ2n) is 6.49. The first-order valence-corrected chi connectivity index (χ1v) is 10.8. The van der Waals surface area contributed by atoms with E-state index in [1.165, 1.54) is 47.8 Å². The second kappa shape index (κ2) is 9.28. The minimum Gasteiger partial charge on any atom is -0.289 e. The van der Waals surface area contributed by atoms with Gasteiger partial charge in [0.15, 0.2) is 5.78 Å². The normalized spacial score (nSPS) is 10.7. The Morgan fingerprint density at radius 3 is 1.03 bits per heavy atom. The van der Waals surface area contributed by atoms with Gasteiger partial charge in [-0.3, -0.25) is 4.79 Å². The Morgan fingerprint density at radius 1 is 0.467 bits per heavy atom. The van der Waals surface area contributed by atoms with Gasteiger partial charge in [-0.2, -0.15) is 0 Å². The summed E-state index contributed by atoms with van der Waals surface area (Å²) in [6.45, 7) is 0. The number of hydrogen-bond acceptors (Lipinski definition) is 3. The van der Waals surface area contributed by atoms with Gasteiger partial charge in [-0.05, 0) is 97.1 Å². The average Bonchev–Trinajstić information content (AvgIpc) is 2.77. The maximum Gasteiger partial charge on any atom is 0.193 e. The fourth-order valence-corrected chi connectivity index (χ4v) is 4.43. The summed E-state index contributed by atoms with van der Waals surface area (Å²) in [5.74, 6) is -0.573. The summed E-state index contributed by atoms with van der Waals surface area (Å²) in [5.41, 5.74) is 1.22. The van der Waals surface area contributed by atoms with Gasteiger partial charge in [0.2, 0.25) is 0 Å². The molecular formula is C25H16F2OS2. The lowest BCUT2D eigenvalue weighted by Crippen LogP contribution is -2.00. The third kappa shape index (κ3) is 5.17. The molecule has 0 N–H and O–H groups in total. The van der Waals surface area contributed by atoms with Crippen LogP contribution in [0.15, 0.2) is 117 Å². The fraction of sp³-hybridized carbons (Fsp3) is 0. The zero-order valence-electron chi connectivity index (χ0n) is 15.7. The molecule has 0 aliphatic carbocycles. The number of carbonyl (C=O) groups is 1. The molecule has 0 saturated carbocycles. The molecule has 4 rings (SSSR count). The van der Waals surface area contributed by atoms with E-state index >= 15 is 0 Å². The molecule has 0 radical (unpaired) electrons. The first-order chi connectivity index (χ1) is 14.6. The van der Waals surface area contributed by atoms with Crippen molar-refractivity contribution in [3.8, 4) is 0 Å². The van der Waals surface area contributed by atoms with Crippen molar-refractivity contribution in [2.75, 3.05) is 0 Å². The molecule has 0 aliphatic heterocycles. The SMILES string of the molecule is O=C(c1ccc(Sc2ccc(F)cc2)cc1)c1ccc(Sc2ccc(F)cc2)cc1. The maximum absolute atomic E-state index is 13.0. The Hall–Kier alpha value is -2.89. The van der Waals surface area contributed by atoms with Crippen LogP contribution in [0.25, 0.3) is 0 Å². The standard InChI is InChI=1S/C25H16F2OS2/c26-19-5-13-23(14-6-19)29-21-9-1-17(2-10-21)25(28)18-3-11-22(12-4-18)30-24-15-7-20(27)8-16-24/h1-16H. The van der Waals surface area contributed by atoms with Crippen LogP contribution in [-0.4, -0.2) is 5.78 Å². The molecule has 4 aromatic rings. The lowest BCUT2D eigenvalue weighted by Gasteiger charge is -2.06. The molecule has 0 atom stereocenters. The van der Waals surface area contributed by atoms with Gasteiger partial charge in [0, 0.05) is 30.7 Å². The van der Waals surface area contributed by atoms with E-state index in [0.717, 1.165) is 19.6 Å². The van der Waals surface area contributed by atoms with Gasteiger partial charge in [-0.25, -0.2) is 8.78 Å². The van der Waals surface area contributed by atoms with Gasteiger partial charge in [-0.1, -0.05) is 23.5 Å². The quantitative estimate of drug-likeness (QED) is 0.293. The van der Waals surface area contributed by atoms with Gasteiger partial charge in [0.25, 0.3) is 0 Å². The lowest BCUT2D eigenvalue weighted by molar-refractivity contribution is 0.103. The molecule has 148 valence electrons. The molecule has 30 heavy (non-hydrogen) atoms. The van der Waals surface area contributed by atoms with E-state index < -0.39 is 0 Å². The van der Waals surface area contributed by atoms with Crippen molar-refractivity contribution in [1.29, 1.82) is 0 Å². The molecule has 0 amide bonds. The predicted molar refractivity (Wildman–Crippen MR) is 117 cm³/mol. The van der Waals surface area contributed by atoms with E-state index in [2.05, 4.69) is 0 Å². The number of halogens is 2. The summed E-state index contributed by atoms with van der Waals surface area (Å²) in [7, 11) is 0. The second-order valence-corrected chi connectivity index (χ2v) is 8.78. The Kier molecular flexibility index (Phi) is 6.31. The molecule has 0 bridgehead atoms. The molecule has 0 fully saturated rings. The largest absolute Gasteiger partial charge is 0.289 e. The van der Waals surface area contributed by atoms with Crippen molar-refractivity contribution >= 4 is 29.3 Å². The summed E-state index contributed by atoms with van der Waals surface area (Å²) in [6.07, 6.45) is 0. The highest BCUT2D eigenvalue weighted by Crippen LogP contribution is 2.30. The van der Waals surface area contributed by atoms with Crippen LogP contribution in [0.5, 0.6) is 0 Å². The van der Waals surface area contributed by atoms with E-state index in [9.17, 15) is 13.6 Å². The zero-order chi connectivity index (χ0) is 20.9. The Bertz CT molecular complexity index is 1040. The average molecular weight is 435 g/mol. The summed E-state index contributed by atoms with van der Waals surface area (Å²) in [5, 5.41) is 0. The molecule has 0 unspecified atom stereocenters. The minimum atomic E-state index is -0.262. The molecule has 5 heteroatoms. The minimum absolute atomic E-state index is 0.0494. The van der Waals surface area contributed by atoms with Gasteiger partial charge < -0.3 is 0 Å². The molecule has 0 saturated heterocycles. The predicted octanol–water partition coefficient (Wildman–Crippen LogP) is 7.50. The highest BCUT2D eigenvalue weighted by molar-refractivity contribution is 7.99. The van der Waals surface area contributed by atoms with Crippen molar-refractivity contribution in [2.45, 2.75) is 19.6 Å². The molecule has 0 aromatic heterocycles. The first-order valence-electron chi connectivity index (χ1n) is 9.18. The summed E-state index contributed by atoms with van der Waals surface area (Å²) in [4.78, 5) is 16.6. The number of benzene rings is 4. The Labute approximate surface area is 182 Å². The monoisotopic (exact) mass is 434 g/mol. The fourth-order valence-electron chi connectivity index (χ4n) is 2.79. The van der Waals surface area contributed by atoms with Crippen LogP contribution in [0.1, 0.15) is 15.9 Å². The highest BCUT2D eigenvalue weighted by atomic mass is 32.2. The van der Waals surface area contributed by atoms with Crippen LogP contribution in [0.4, 0.5) is 8.78 Å². The third-order valence-corrected chi connectivity index (χ3v) is 6.36.